The van der Waals surface area contributed by atoms with Crippen LogP contribution in [-0.2, 0) is 4.79 Å². The Morgan fingerprint density at radius 2 is 2.16 bits per heavy atom. The summed E-state index contributed by atoms with van der Waals surface area (Å²) in [4.78, 5) is 14.2. The van der Waals surface area contributed by atoms with E-state index in [-0.39, 0.29) is 18.6 Å². The Morgan fingerprint density at radius 3 is 2.63 bits per heavy atom. The smallest absolute Gasteiger partial charge is 0.247 e. The number of amides is 1. The van der Waals surface area contributed by atoms with Gasteiger partial charge in [0.05, 0.1) is 12.2 Å². The molecule has 6 nitrogen and oxygen atoms in total. The van der Waals surface area contributed by atoms with Gasteiger partial charge in [0.15, 0.2) is 0 Å². The lowest BCUT2D eigenvalue weighted by Crippen LogP contribution is -2.50. The van der Waals surface area contributed by atoms with Gasteiger partial charge in [-0.15, -0.1) is 0 Å². The largest absolute Gasteiger partial charge is 0.393 e. The molecule has 0 saturated carbocycles. The number of likely N-dealkylation sites (tertiary alicyclic amines) is 1. The second-order valence-electron chi connectivity index (χ2n) is 5.12. The first kappa shape index (κ1) is 14.0. The number of aromatic nitrogens is 2. The average molecular weight is 267 g/mol. The summed E-state index contributed by atoms with van der Waals surface area (Å²) in [5.41, 5.74) is -1.02. The van der Waals surface area contributed by atoms with Crippen LogP contribution < -0.4 is 0 Å². The monoisotopic (exact) mass is 267 g/mol. The lowest BCUT2D eigenvalue weighted by Gasteiger charge is -2.38. The number of carbonyl (C=O) groups excluding carboxylic acids is 1. The molecule has 1 amide bonds. The Bertz CT molecular complexity index is 411. The first-order valence-electron chi connectivity index (χ1n) is 6.71. The zero-order valence-corrected chi connectivity index (χ0v) is 11.2. The van der Waals surface area contributed by atoms with Gasteiger partial charge in [-0.25, -0.2) is 0 Å². The molecule has 1 saturated heterocycles. The van der Waals surface area contributed by atoms with Gasteiger partial charge in [0.2, 0.25) is 5.91 Å². The highest BCUT2D eigenvalue weighted by molar-refractivity contribution is 5.80. The molecule has 6 heteroatoms. The third kappa shape index (κ3) is 2.96. The van der Waals surface area contributed by atoms with Gasteiger partial charge in [-0.2, -0.15) is 5.10 Å². The molecule has 1 unspecified atom stereocenters. The van der Waals surface area contributed by atoms with Crippen LogP contribution in [0, 0.1) is 0 Å². The van der Waals surface area contributed by atoms with Crippen LogP contribution in [0.2, 0.25) is 0 Å². The van der Waals surface area contributed by atoms with Crippen LogP contribution >= 0.6 is 0 Å². The van der Waals surface area contributed by atoms with E-state index in [9.17, 15) is 9.90 Å². The topological polar surface area (TPSA) is 78.6 Å². The molecule has 2 rings (SSSR count). The quantitative estimate of drug-likeness (QED) is 0.815. The summed E-state index contributed by atoms with van der Waals surface area (Å²) in [6.45, 7) is 2.67. The number of aliphatic hydroxyl groups excluding tert-OH is 1. The Kier molecular flexibility index (Phi) is 4.21. The Labute approximate surface area is 112 Å². The van der Waals surface area contributed by atoms with Gasteiger partial charge in [-0.05, 0) is 25.3 Å². The zero-order valence-electron chi connectivity index (χ0n) is 11.2. The summed E-state index contributed by atoms with van der Waals surface area (Å²) in [5, 5.41) is 23.2. The molecule has 0 aliphatic carbocycles. The van der Waals surface area contributed by atoms with E-state index in [1.807, 2.05) is 6.92 Å². The van der Waals surface area contributed by atoms with E-state index in [0.29, 0.717) is 32.4 Å². The van der Waals surface area contributed by atoms with E-state index in [2.05, 4.69) is 5.10 Å². The maximum absolute atomic E-state index is 12.4. The van der Waals surface area contributed by atoms with E-state index in [1.165, 1.54) is 0 Å². The highest BCUT2D eigenvalue weighted by atomic mass is 16.3. The fraction of sp³-hybridized carbons (Fsp3) is 0.692. The van der Waals surface area contributed by atoms with E-state index in [0.717, 1.165) is 0 Å². The Balaban J connectivity index is 2.01. The molecule has 0 bridgehead atoms. The number of piperidine rings is 1. The number of aliphatic hydroxyl groups is 2. The van der Waals surface area contributed by atoms with E-state index < -0.39 is 5.60 Å². The minimum absolute atomic E-state index is 0.0335. The predicted octanol–water partition coefficient (Wildman–Crippen LogP) is 0.180. The second kappa shape index (κ2) is 5.71. The van der Waals surface area contributed by atoms with Crippen LogP contribution in [0.1, 0.15) is 32.2 Å². The summed E-state index contributed by atoms with van der Waals surface area (Å²) >= 11 is 0. The van der Waals surface area contributed by atoms with Crippen molar-refractivity contribution in [3.05, 3.63) is 18.5 Å². The molecule has 1 aliphatic heterocycles. The minimum atomic E-state index is -1.02. The molecule has 0 aromatic carbocycles. The van der Waals surface area contributed by atoms with Crippen molar-refractivity contribution in [3.63, 3.8) is 0 Å². The minimum Gasteiger partial charge on any atom is -0.393 e. The normalized spacial score (nSPS) is 20.3. The molecule has 1 aromatic heterocycles. The SMILES string of the molecule is CCC(C(=O)N1CCC(O)(CO)CC1)n1cccn1. The Hall–Kier alpha value is -1.40. The van der Waals surface area contributed by atoms with Crippen LogP contribution in [0.25, 0.3) is 0 Å². The van der Waals surface area contributed by atoms with Crippen LogP contribution in [0.4, 0.5) is 0 Å². The molecule has 106 valence electrons. The van der Waals surface area contributed by atoms with E-state index in [4.69, 9.17) is 5.11 Å². The number of rotatable bonds is 4. The standard InChI is InChI=1S/C13H21N3O3/c1-2-11(16-7-3-6-14-16)12(18)15-8-4-13(19,10-17)5-9-15/h3,6-7,11,17,19H,2,4-5,8-10H2,1H3. The van der Waals surface area contributed by atoms with Gasteiger partial charge in [-0.1, -0.05) is 6.92 Å². The van der Waals surface area contributed by atoms with Crippen LogP contribution in [0.15, 0.2) is 18.5 Å². The van der Waals surface area contributed by atoms with Crippen molar-refractivity contribution in [1.82, 2.24) is 14.7 Å². The lowest BCUT2D eigenvalue weighted by atomic mass is 9.92. The van der Waals surface area contributed by atoms with Gasteiger partial charge in [0.25, 0.3) is 0 Å². The summed E-state index contributed by atoms with van der Waals surface area (Å²) in [5.74, 6) is 0.0335. The van der Waals surface area contributed by atoms with Gasteiger partial charge in [0.1, 0.15) is 6.04 Å². The molecule has 19 heavy (non-hydrogen) atoms. The van der Waals surface area contributed by atoms with Crippen LogP contribution in [0.5, 0.6) is 0 Å². The van der Waals surface area contributed by atoms with Gasteiger partial charge in [-0.3, -0.25) is 9.48 Å². The first-order chi connectivity index (χ1) is 9.09. The molecule has 0 spiro atoms. The molecule has 1 atom stereocenters. The fourth-order valence-electron chi connectivity index (χ4n) is 2.45. The van der Waals surface area contributed by atoms with Crippen LogP contribution in [0.3, 0.4) is 0 Å². The van der Waals surface area contributed by atoms with Crippen LogP contribution in [-0.4, -0.2) is 56.1 Å². The lowest BCUT2D eigenvalue weighted by molar-refractivity contribution is -0.140. The van der Waals surface area contributed by atoms with Crippen molar-refractivity contribution in [2.75, 3.05) is 19.7 Å². The molecule has 2 N–H and O–H groups in total. The van der Waals surface area contributed by atoms with Gasteiger partial charge in [0, 0.05) is 25.5 Å². The average Bonchev–Trinajstić information content (AvgIpc) is 2.94. The maximum Gasteiger partial charge on any atom is 0.247 e. The molecule has 0 radical (unpaired) electrons. The summed E-state index contributed by atoms with van der Waals surface area (Å²) in [6.07, 6.45) is 4.98. The van der Waals surface area contributed by atoms with Crippen molar-refractivity contribution in [1.29, 1.82) is 0 Å². The van der Waals surface area contributed by atoms with Crippen molar-refractivity contribution in [2.45, 2.75) is 37.8 Å². The van der Waals surface area contributed by atoms with E-state index >= 15 is 0 Å². The molecule has 1 aromatic rings. The van der Waals surface area contributed by atoms with Crippen molar-refractivity contribution >= 4 is 5.91 Å². The molecule has 2 heterocycles. The summed E-state index contributed by atoms with van der Waals surface area (Å²) in [6, 6.07) is 1.52. The van der Waals surface area contributed by atoms with E-state index in [1.54, 1.807) is 28.0 Å². The third-order valence-corrected chi connectivity index (χ3v) is 3.82. The first-order valence-corrected chi connectivity index (χ1v) is 6.71. The molecule has 1 fully saturated rings. The van der Waals surface area contributed by atoms with Crippen molar-refractivity contribution in [2.24, 2.45) is 0 Å². The van der Waals surface area contributed by atoms with Crippen molar-refractivity contribution < 1.29 is 15.0 Å². The third-order valence-electron chi connectivity index (χ3n) is 3.82. The van der Waals surface area contributed by atoms with Gasteiger partial charge >= 0.3 is 0 Å². The summed E-state index contributed by atoms with van der Waals surface area (Å²) in [7, 11) is 0. The molecular weight excluding hydrogens is 246 g/mol. The summed E-state index contributed by atoms with van der Waals surface area (Å²) < 4.78 is 1.68. The highest BCUT2D eigenvalue weighted by Crippen LogP contribution is 2.24. The second-order valence-corrected chi connectivity index (χ2v) is 5.12. The highest BCUT2D eigenvalue weighted by Gasteiger charge is 2.35. The number of hydrogen-bond acceptors (Lipinski definition) is 4. The van der Waals surface area contributed by atoms with Gasteiger partial charge < -0.3 is 15.1 Å². The Morgan fingerprint density at radius 1 is 1.47 bits per heavy atom. The number of nitrogens with zero attached hydrogens (tertiary/aromatic N) is 3. The van der Waals surface area contributed by atoms with Crippen molar-refractivity contribution in [3.8, 4) is 0 Å². The molecular formula is C13H21N3O3. The maximum atomic E-state index is 12.4. The number of carbonyl (C=O) groups is 1. The molecule has 1 aliphatic rings. The fourth-order valence-corrected chi connectivity index (χ4v) is 2.45. The zero-order chi connectivity index (χ0) is 13.9. The number of hydrogen-bond donors (Lipinski definition) is 2. The predicted molar refractivity (Wildman–Crippen MR) is 69.4 cm³/mol.